The van der Waals surface area contributed by atoms with Crippen LogP contribution in [0.3, 0.4) is 0 Å². The SMILES string of the molecule is CC1CN(c2ccc(N)cc2OCCn2cccn2)CC(C)N1C(=O)OC(C)(C)C. The van der Waals surface area contributed by atoms with E-state index in [-0.39, 0.29) is 18.2 Å². The predicted octanol–water partition coefficient (Wildman–Crippen LogP) is 3.38. The maximum atomic E-state index is 12.7. The van der Waals surface area contributed by atoms with Crippen LogP contribution >= 0.6 is 0 Å². The summed E-state index contributed by atoms with van der Waals surface area (Å²) in [6.45, 7) is 12.3. The van der Waals surface area contributed by atoms with Gasteiger partial charge in [-0.15, -0.1) is 0 Å². The molecule has 164 valence electrons. The number of aromatic nitrogens is 2. The van der Waals surface area contributed by atoms with Crippen molar-refractivity contribution in [2.24, 2.45) is 0 Å². The number of anilines is 2. The van der Waals surface area contributed by atoms with Gasteiger partial charge in [-0.3, -0.25) is 9.58 Å². The summed E-state index contributed by atoms with van der Waals surface area (Å²) in [4.78, 5) is 16.8. The molecular formula is C22H33N5O3. The van der Waals surface area contributed by atoms with Crippen molar-refractivity contribution in [3.8, 4) is 5.75 Å². The van der Waals surface area contributed by atoms with Crippen molar-refractivity contribution in [2.45, 2.75) is 58.8 Å². The molecule has 2 N–H and O–H groups in total. The Morgan fingerprint density at radius 1 is 1.23 bits per heavy atom. The minimum Gasteiger partial charge on any atom is -0.489 e. The van der Waals surface area contributed by atoms with Gasteiger partial charge in [0, 0.05) is 37.2 Å². The molecule has 30 heavy (non-hydrogen) atoms. The van der Waals surface area contributed by atoms with E-state index < -0.39 is 5.60 Å². The van der Waals surface area contributed by atoms with Crippen LogP contribution in [0.1, 0.15) is 34.6 Å². The first-order valence-corrected chi connectivity index (χ1v) is 10.4. The van der Waals surface area contributed by atoms with Gasteiger partial charge in [-0.1, -0.05) is 0 Å². The first-order valence-electron chi connectivity index (χ1n) is 10.4. The molecule has 0 saturated carbocycles. The van der Waals surface area contributed by atoms with E-state index in [0.29, 0.717) is 31.9 Å². The Labute approximate surface area is 178 Å². The fourth-order valence-corrected chi connectivity index (χ4v) is 3.78. The third-order valence-electron chi connectivity index (χ3n) is 4.98. The molecule has 2 atom stereocenters. The molecule has 2 unspecified atom stereocenters. The third-order valence-corrected chi connectivity index (χ3v) is 4.98. The molecule has 2 heterocycles. The number of hydrogen-bond acceptors (Lipinski definition) is 6. The molecule has 0 spiro atoms. The van der Waals surface area contributed by atoms with Crippen molar-refractivity contribution in [1.82, 2.24) is 14.7 Å². The molecule has 1 fully saturated rings. The van der Waals surface area contributed by atoms with E-state index in [1.54, 1.807) is 6.20 Å². The highest BCUT2D eigenvalue weighted by atomic mass is 16.6. The highest BCUT2D eigenvalue weighted by Crippen LogP contribution is 2.33. The number of nitrogens with two attached hydrogens (primary N) is 1. The van der Waals surface area contributed by atoms with E-state index in [2.05, 4.69) is 10.00 Å². The third kappa shape index (κ3) is 5.37. The van der Waals surface area contributed by atoms with Crippen LogP contribution in [-0.2, 0) is 11.3 Å². The monoisotopic (exact) mass is 415 g/mol. The fraction of sp³-hybridized carbons (Fsp3) is 0.545. The number of rotatable bonds is 5. The predicted molar refractivity (Wildman–Crippen MR) is 118 cm³/mol. The Morgan fingerprint density at radius 3 is 2.53 bits per heavy atom. The first kappa shape index (κ1) is 21.8. The molecule has 1 aliphatic heterocycles. The van der Waals surface area contributed by atoms with E-state index in [9.17, 15) is 4.79 Å². The molecular weight excluding hydrogens is 382 g/mol. The zero-order chi connectivity index (χ0) is 21.9. The molecule has 0 radical (unpaired) electrons. The highest BCUT2D eigenvalue weighted by Gasteiger charge is 2.36. The fourth-order valence-electron chi connectivity index (χ4n) is 3.78. The number of nitrogens with zero attached hydrogens (tertiary/aromatic N) is 4. The van der Waals surface area contributed by atoms with E-state index >= 15 is 0 Å². The molecule has 1 amide bonds. The van der Waals surface area contributed by atoms with Gasteiger partial charge < -0.3 is 20.1 Å². The Hall–Kier alpha value is -2.90. The number of amides is 1. The van der Waals surface area contributed by atoms with E-state index in [1.807, 2.05) is 74.7 Å². The van der Waals surface area contributed by atoms with Crippen LogP contribution in [0.25, 0.3) is 0 Å². The minimum absolute atomic E-state index is 0.00178. The first-order chi connectivity index (χ1) is 14.1. The molecule has 8 nitrogen and oxygen atoms in total. The normalized spacial score (nSPS) is 19.6. The lowest BCUT2D eigenvalue weighted by atomic mass is 10.1. The summed E-state index contributed by atoms with van der Waals surface area (Å²) in [5.41, 5.74) is 7.13. The second-order valence-electron chi connectivity index (χ2n) is 8.84. The van der Waals surface area contributed by atoms with Crippen LogP contribution in [0.4, 0.5) is 16.2 Å². The molecule has 0 aliphatic carbocycles. The number of carbonyl (C=O) groups is 1. The number of hydrogen-bond donors (Lipinski definition) is 1. The lowest BCUT2D eigenvalue weighted by Crippen LogP contribution is -2.59. The van der Waals surface area contributed by atoms with Gasteiger partial charge in [-0.2, -0.15) is 5.10 Å². The van der Waals surface area contributed by atoms with Crippen LogP contribution in [0, 0.1) is 0 Å². The van der Waals surface area contributed by atoms with Gasteiger partial charge in [-0.05, 0) is 52.8 Å². The Kier molecular flexibility index (Phi) is 6.43. The maximum absolute atomic E-state index is 12.7. The van der Waals surface area contributed by atoms with Gasteiger partial charge in [0.2, 0.25) is 0 Å². The van der Waals surface area contributed by atoms with E-state index in [0.717, 1.165) is 11.4 Å². The minimum atomic E-state index is -0.514. The number of nitrogen functional groups attached to an aromatic ring is 1. The van der Waals surface area contributed by atoms with Gasteiger partial charge in [0.1, 0.15) is 18.0 Å². The molecule has 1 saturated heterocycles. The summed E-state index contributed by atoms with van der Waals surface area (Å²) in [6.07, 6.45) is 3.39. The topological polar surface area (TPSA) is 85.9 Å². The van der Waals surface area contributed by atoms with Crippen LogP contribution in [0.2, 0.25) is 0 Å². The van der Waals surface area contributed by atoms with Crippen LogP contribution in [0.15, 0.2) is 36.7 Å². The maximum Gasteiger partial charge on any atom is 0.410 e. The van der Waals surface area contributed by atoms with Crippen molar-refractivity contribution < 1.29 is 14.3 Å². The van der Waals surface area contributed by atoms with Gasteiger partial charge in [0.15, 0.2) is 0 Å². The quantitative estimate of drug-likeness (QED) is 0.754. The second kappa shape index (κ2) is 8.85. The number of carbonyl (C=O) groups excluding carboxylic acids is 1. The van der Waals surface area contributed by atoms with Gasteiger partial charge in [0.25, 0.3) is 0 Å². The largest absolute Gasteiger partial charge is 0.489 e. The Bertz CT molecular complexity index is 835. The van der Waals surface area contributed by atoms with Crippen molar-refractivity contribution in [1.29, 1.82) is 0 Å². The highest BCUT2D eigenvalue weighted by molar-refractivity contribution is 5.70. The van der Waals surface area contributed by atoms with Gasteiger partial charge in [-0.25, -0.2) is 4.79 Å². The van der Waals surface area contributed by atoms with Crippen molar-refractivity contribution in [3.05, 3.63) is 36.7 Å². The zero-order valence-corrected chi connectivity index (χ0v) is 18.5. The zero-order valence-electron chi connectivity index (χ0n) is 18.5. The van der Waals surface area contributed by atoms with Crippen LogP contribution < -0.4 is 15.4 Å². The molecule has 8 heteroatoms. The second-order valence-corrected chi connectivity index (χ2v) is 8.84. The summed E-state index contributed by atoms with van der Waals surface area (Å²) in [6, 6.07) is 7.61. The Morgan fingerprint density at radius 2 is 1.93 bits per heavy atom. The van der Waals surface area contributed by atoms with E-state index in [4.69, 9.17) is 15.2 Å². The molecule has 1 aromatic heterocycles. The molecule has 1 aromatic carbocycles. The van der Waals surface area contributed by atoms with Crippen LogP contribution in [-0.4, -0.2) is 58.2 Å². The lowest BCUT2D eigenvalue weighted by molar-refractivity contribution is 0.00564. The van der Waals surface area contributed by atoms with Gasteiger partial charge >= 0.3 is 6.09 Å². The molecule has 1 aliphatic rings. The molecule has 3 rings (SSSR count). The number of piperazine rings is 1. The summed E-state index contributed by atoms with van der Waals surface area (Å²) in [5, 5.41) is 4.20. The lowest BCUT2D eigenvalue weighted by Gasteiger charge is -2.45. The van der Waals surface area contributed by atoms with E-state index in [1.165, 1.54) is 0 Å². The van der Waals surface area contributed by atoms with Crippen molar-refractivity contribution in [2.75, 3.05) is 30.3 Å². The number of ether oxygens (including phenoxy) is 2. The molecule has 2 aromatic rings. The standard InChI is InChI=1S/C22H33N5O3/c1-16-14-25(15-17(2)27(16)21(28)30-22(3,4)5)19-8-7-18(23)13-20(19)29-12-11-26-10-6-9-24-26/h6-10,13,16-17H,11-12,14-15,23H2,1-5H3. The summed E-state index contributed by atoms with van der Waals surface area (Å²) in [7, 11) is 0. The summed E-state index contributed by atoms with van der Waals surface area (Å²) in [5.74, 6) is 0.743. The summed E-state index contributed by atoms with van der Waals surface area (Å²) >= 11 is 0. The average molecular weight is 416 g/mol. The summed E-state index contributed by atoms with van der Waals surface area (Å²) < 4.78 is 13.5. The number of benzene rings is 1. The van der Waals surface area contributed by atoms with Crippen molar-refractivity contribution >= 4 is 17.5 Å². The van der Waals surface area contributed by atoms with Gasteiger partial charge in [0.05, 0.1) is 24.3 Å². The van der Waals surface area contributed by atoms with Crippen molar-refractivity contribution in [3.63, 3.8) is 0 Å². The van der Waals surface area contributed by atoms with Crippen LogP contribution in [0.5, 0.6) is 5.75 Å². The average Bonchev–Trinajstić information content (AvgIpc) is 3.13. The smallest absolute Gasteiger partial charge is 0.410 e. The molecule has 0 bridgehead atoms. The Balaban J connectivity index is 1.71.